The lowest BCUT2D eigenvalue weighted by Gasteiger charge is -2.23. The molecule has 21 heavy (non-hydrogen) atoms. The Kier molecular flexibility index (Phi) is 3.00. The first kappa shape index (κ1) is 13.7. The molecule has 1 unspecified atom stereocenters. The Labute approximate surface area is 120 Å². The Morgan fingerprint density at radius 1 is 1.14 bits per heavy atom. The minimum absolute atomic E-state index is 0.0374. The van der Waals surface area contributed by atoms with E-state index in [4.69, 9.17) is 0 Å². The molecule has 1 aromatic rings. The van der Waals surface area contributed by atoms with Gasteiger partial charge in [-0.2, -0.15) is 0 Å². The summed E-state index contributed by atoms with van der Waals surface area (Å²) in [7, 11) is 0. The molecule has 0 N–H and O–H groups in total. The van der Waals surface area contributed by atoms with Crippen molar-refractivity contribution in [3.8, 4) is 0 Å². The van der Waals surface area contributed by atoms with Crippen molar-refractivity contribution >= 4 is 5.78 Å². The maximum absolute atomic E-state index is 12.5. The highest BCUT2D eigenvalue weighted by molar-refractivity contribution is 5.94. The highest BCUT2D eigenvalue weighted by Crippen LogP contribution is 2.53. The smallest absolute Gasteiger partial charge is 0.291 e. The van der Waals surface area contributed by atoms with Gasteiger partial charge in [0.05, 0.1) is 5.92 Å². The van der Waals surface area contributed by atoms with Gasteiger partial charge < -0.3 is 0 Å². The zero-order valence-corrected chi connectivity index (χ0v) is 11.2. The van der Waals surface area contributed by atoms with Crippen LogP contribution >= 0.6 is 0 Å². The largest absolute Gasteiger partial charge is 0.345 e. The average molecular weight is 290 g/mol. The van der Waals surface area contributed by atoms with Crippen molar-refractivity contribution in [3.05, 3.63) is 56.1 Å². The Morgan fingerprint density at radius 3 is 2.38 bits per heavy atom. The summed E-state index contributed by atoms with van der Waals surface area (Å²) < 4.78 is 0. The summed E-state index contributed by atoms with van der Waals surface area (Å²) in [4.78, 5) is 34.2. The van der Waals surface area contributed by atoms with E-state index in [1.165, 1.54) is 0 Å². The molecule has 2 aliphatic rings. The van der Waals surface area contributed by atoms with Gasteiger partial charge in [0, 0.05) is 22.2 Å². The molecule has 2 aliphatic carbocycles. The van der Waals surface area contributed by atoms with Crippen LogP contribution in [0.25, 0.3) is 0 Å². The van der Waals surface area contributed by atoms with Crippen molar-refractivity contribution in [3.63, 3.8) is 0 Å². The van der Waals surface area contributed by atoms with E-state index in [1.807, 2.05) is 0 Å². The monoisotopic (exact) mass is 290 g/mol. The van der Waals surface area contributed by atoms with Crippen LogP contribution in [0.2, 0.25) is 0 Å². The third-order valence-electron chi connectivity index (χ3n) is 4.84. The molecule has 0 aromatic heterocycles. The minimum atomic E-state index is -2.05. The molecular formula is C14H14N2O5. The molecule has 0 amide bonds. The molecule has 0 aliphatic heterocycles. The number of nitrogens with zero attached hydrogens (tertiary/aromatic N) is 2. The quantitative estimate of drug-likeness (QED) is 0.623. The molecule has 0 radical (unpaired) electrons. The number of rotatable bonds is 3. The first-order chi connectivity index (χ1) is 10.00. The Bertz CT molecular complexity index is 617. The van der Waals surface area contributed by atoms with E-state index in [1.54, 1.807) is 30.3 Å². The predicted octanol–water partition coefficient (Wildman–Crippen LogP) is 1.81. The second-order valence-corrected chi connectivity index (χ2v) is 5.71. The molecule has 4 atom stereocenters. The van der Waals surface area contributed by atoms with Gasteiger partial charge in [-0.3, -0.25) is 25.0 Å². The van der Waals surface area contributed by atoms with Crippen LogP contribution in [-0.4, -0.2) is 27.2 Å². The standard InChI is InChI=1S/C14H14N2O5/c17-13-10-7-4-8-14(13,16(20)21)12(15(18)19)11(10)9-5-2-1-3-6-9/h1-3,5-6,10-12H,4,7-8H2/t10-,11-,12?,14+/m1/s1. The van der Waals surface area contributed by atoms with E-state index in [0.717, 1.165) is 0 Å². The fourth-order valence-electron chi connectivity index (χ4n) is 4.00. The van der Waals surface area contributed by atoms with E-state index < -0.39 is 39.0 Å². The minimum Gasteiger partial charge on any atom is -0.291 e. The zero-order chi connectivity index (χ0) is 15.2. The van der Waals surface area contributed by atoms with Crippen LogP contribution in [0.4, 0.5) is 0 Å². The van der Waals surface area contributed by atoms with E-state index in [9.17, 15) is 25.0 Å². The van der Waals surface area contributed by atoms with Gasteiger partial charge in [-0.1, -0.05) is 30.3 Å². The van der Waals surface area contributed by atoms with Crippen LogP contribution in [0, 0.1) is 26.1 Å². The van der Waals surface area contributed by atoms with Gasteiger partial charge in [0.1, 0.15) is 0 Å². The SMILES string of the molecule is O=C1[C@@H]2CCC[C@]1([N+](=O)[O-])C([N+](=O)[O-])[C@@H]2c1ccccc1. The second-order valence-electron chi connectivity index (χ2n) is 5.71. The van der Waals surface area contributed by atoms with Gasteiger partial charge >= 0.3 is 5.54 Å². The van der Waals surface area contributed by atoms with Gasteiger partial charge in [-0.15, -0.1) is 0 Å². The third-order valence-corrected chi connectivity index (χ3v) is 4.84. The number of nitro groups is 2. The van der Waals surface area contributed by atoms with Gasteiger partial charge in [0.15, 0.2) is 0 Å². The number of Topliss-reactive ketones (excluding diaryl/α,β-unsaturated/α-hetero) is 1. The highest BCUT2D eigenvalue weighted by atomic mass is 16.6. The first-order valence-electron chi connectivity index (χ1n) is 6.87. The van der Waals surface area contributed by atoms with Crippen LogP contribution in [0.3, 0.4) is 0 Å². The van der Waals surface area contributed by atoms with Gasteiger partial charge in [0.25, 0.3) is 6.04 Å². The molecule has 0 saturated heterocycles. The van der Waals surface area contributed by atoms with Gasteiger partial charge in [0.2, 0.25) is 5.78 Å². The number of ketones is 1. The molecule has 7 nitrogen and oxygen atoms in total. The van der Waals surface area contributed by atoms with E-state index in [2.05, 4.69) is 0 Å². The summed E-state index contributed by atoms with van der Waals surface area (Å²) >= 11 is 0. The number of hydrogen-bond acceptors (Lipinski definition) is 5. The van der Waals surface area contributed by atoms with Crippen LogP contribution in [0.1, 0.15) is 30.7 Å². The second kappa shape index (κ2) is 4.61. The molecule has 0 heterocycles. The molecular weight excluding hydrogens is 276 g/mol. The number of fused-ring (bicyclic) bond motifs is 2. The van der Waals surface area contributed by atoms with E-state index in [0.29, 0.717) is 18.4 Å². The predicted molar refractivity (Wildman–Crippen MR) is 72.0 cm³/mol. The molecule has 2 saturated carbocycles. The molecule has 110 valence electrons. The highest BCUT2D eigenvalue weighted by Gasteiger charge is 2.76. The molecule has 0 spiro atoms. The molecule has 3 rings (SSSR count). The fourth-order valence-corrected chi connectivity index (χ4v) is 4.00. The molecule has 2 fully saturated rings. The number of hydrogen-bond donors (Lipinski definition) is 0. The lowest BCUT2D eigenvalue weighted by atomic mass is 9.80. The third kappa shape index (κ3) is 1.69. The van der Waals surface area contributed by atoms with Crippen molar-refractivity contribution < 1.29 is 14.6 Å². The Hall–Kier alpha value is -2.31. The summed E-state index contributed by atoms with van der Waals surface area (Å²) in [5, 5.41) is 23.0. The topological polar surface area (TPSA) is 103 Å². The van der Waals surface area contributed by atoms with Crippen molar-refractivity contribution in [2.24, 2.45) is 5.92 Å². The maximum atomic E-state index is 12.5. The Balaban J connectivity index is 2.19. The fraction of sp³-hybridized carbons (Fsp3) is 0.500. The number of benzene rings is 1. The maximum Gasteiger partial charge on any atom is 0.345 e. The Morgan fingerprint density at radius 2 is 1.81 bits per heavy atom. The van der Waals surface area contributed by atoms with Crippen molar-refractivity contribution in [1.29, 1.82) is 0 Å². The summed E-state index contributed by atoms with van der Waals surface area (Å²) in [5.41, 5.74) is -1.41. The number of carbonyl (C=O) groups excluding carboxylic acids is 1. The van der Waals surface area contributed by atoms with Crippen LogP contribution in [0.5, 0.6) is 0 Å². The van der Waals surface area contributed by atoms with Crippen molar-refractivity contribution in [1.82, 2.24) is 0 Å². The first-order valence-corrected chi connectivity index (χ1v) is 6.87. The zero-order valence-electron chi connectivity index (χ0n) is 11.2. The molecule has 2 bridgehead atoms. The summed E-state index contributed by atoms with van der Waals surface area (Å²) in [6.07, 6.45) is 0.924. The summed E-state index contributed by atoms with van der Waals surface area (Å²) in [6, 6.07) is 7.19. The lowest BCUT2D eigenvalue weighted by molar-refractivity contribution is -0.637. The van der Waals surface area contributed by atoms with Crippen LogP contribution < -0.4 is 0 Å². The van der Waals surface area contributed by atoms with Gasteiger partial charge in [-0.25, -0.2) is 0 Å². The van der Waals surface area contributed by atoms with Crippen molar-refractivity contribution in [2.75, 3.05) is 0 Å². The number of carbonyl (C=O) groups is 1. The average Bonchev–Trinajstić information content (AvgIpc) is 2.61. The normalized spacial score (nSPS) is 34.7. The lowest BCUT2D eigenvalue weighted by Crippen LogP contribution is -2.55. The summed E-state index contributed by atoms with van der Waals surface area (Å²) in [6.45, 7) is 0. The van der Waals surface area contributed by atoms with Crippen molar-refractivity contribution in [2.45, 2.75) is 36.8 Å². The van der Waals surface area contributed by atoms with E-state index in [-0.39, 0.29) is 6.42 Å². The van der Waals surface area contributed by atoms with Crippen LogP contribution in [0.15, 0.2) is 30.3 Å². The van der Waals surface area contributed by atoms with Crippen LogP contribution in [-0.2, 0) is 4.79 Å². The molecule has 1 aromatic carbocycles. The van der Waals surface area contributed by atoms with Gasteiger partial charge in [-0.05, 0) is 18.4 Å². The molecule has 7 heteroatoms. The summed E-state index contributed by atoms with van der Waals surface area (Å²) in [5.74, 6) is -1.89. The van der Waals surface area contributed by atoms with E-state index >= 15 is 0 Å².